The van der Waals surface area contributed by atoms with Gasteiger partial charge in [0.05, 0.1) is 31.5 Å². The summed E-state index contributed by atoms with van der Waals surface area (Å²) in [5.41, 5.74) is 1.53. The summed E-state index contributed by atoms with van der Waals surface area (Å²) in [6.07, 6.45) is 4.77. The molecule has 0 aliphatic carbocycles. The number of carbonyl (C=O) groups excluding carboxylic acids is 1. The molecule has 5 nitrogen and oxygen atoms in total. The highest BCUT2D eigenvalue weighted by Crippen LogP contribution is 2.36. The van der Waals surface area contributed by atoms with E-state index < -0.39 is 0 Å². The fraction of sp³-hybridized carbons (Fsp3) is 0.176. The number of hydrogen-bond acceptors (Lipinski definition) is 4. The molecule has 23 heavy (non-hydrogen) atoms. The van der Waals surface area contributed by atoms with Crippen LogP contribution in [0.4, 0.5) is 0 Å². The molecule has 0 saturated carbocycles. The van der Waals surface area contributed by atoms with Gasteiger partial charge >= 0.3 is 0 Å². The van der Waals surface area contributed by atoms with Gasteiger partial charge < -0.3 is 14.8 Å². The van der Waals surface area contributed by atoms with Gasteiger partial charge in [-0.1, -0.05) is 17.7 Å². The quantitative estimate of drug-likeness (QED) is 0.826. The third kappa shape index (κ3) is 4.72. The molecule has 6 heteroatoms. The minimum Gasteiger partial charge on any atom is -0.493 e. The number of aromatic nitrogens is 1. The van der Waals surface area contributed by atoms with Crippen LogP contribution in [-0.2, 0) is 11.3 Å². The Kier molecular flexibility index (Phi) is 6.00. The molecule has 0 aliphatic rings. The lowest BCUT2D eigenvalue weighted by atomic mass is 10.2. The zero-order chi connectivity index (χ0) is 16.7. The molecular formula is C17H17ClN2O3. The van der Waals surface area contributed by atoms with Crippen molar-refractivity contribution in [2.45, 2.75) is 6.54 Å². The van der Waals surface area contributed by atoms with Gasteiger partial charge in [0.1, 0.15) is 0 Å². The summed E-state index contributed by atoms with van der Waals surface area (Å²) in [5.74, 6) is 0.751. The van der Waals surface area contributed by atoms with Crippen molar-refractivity contribution in [2.75, 3.05) is 14.2 Å². The minimum atomic E-state index is -0.221. The highest BCUT2D eigenvalue weighted by molar-refractivity contribution is 6.32. The van der Waals surface area contributed by atoms with Crippen molar-refractivity contribution >= 4 is 23.6 Å². The summed E-state index contributed by atoms with van der Waals surface area (Å²) >= 11 is 6.12. The van der Waals surface area contributed by atoms with Crippen LogP contribution in [0.25, 0.3) is 6.08 Å². The van der Waals surface area contributed by atoms with Gasteiger partial charge in [-0.15, -0.1) is 0 Å². The maximum atomic E-state index is 11.8. The van der Waals surface area contributed by atoms with Gasteiger partial charge in [0.2, 0.25) is 5.91 Å². The van der Waals surface area contributed by atoms with Crippen LogP contribution in [0, 0.1) is 0 Å². The number of amides is 1. The van der Waals surface area contributed by atoms with Gasteiger partial charge in [0, 0.05) is 12.3 Å². The Morgan fingerprint density at radius 1 is 1.30 bits per heavy atom. The zero-order valence-corrected chi connectivity index (χ0v) is 13.6. The number of rotatable bonds is 6. The van der Waals surface area contributed by atoms with Crippen LogP contribution >= 0.6 is 11.6 Å². The molecule has 120 valence electrons. The van der Waals surface area contributed by atoms with Crippen LogP contribution in [0.5, 0.6) is 11.5 Å². The normalized spacial score (nSPS) is 10.6. The predicted octanol–water partition coefficient (Wildman–Crippen LogP) is 3.08. The Morgan fingerprint density at radius 3 is 2.78 bits per heavy atom. The number of halogens is 1. The van der Waals surface area contributed by atoms with Crippen LogP contribution in [0.15, 0.2) is 42.6 Å². The van der Waals surface area contributed by atoms with E-state index in [1.807, 2.05) is 18.2 Å². The van der Waals surface area contributed by atoms with E-state index in [9.17, 15) is 4.79 Å². The fourth-order valence-electron chi connectivity index (χ4n) is 1.95. The van der Waals surface area contributed by atoms with Crippen LogP contribution in [0.3, 0.4) is 0 Å². The second-order valence-corrected chi connectivity index (χ2v) is 5.02. The molecule has 0 atom stereocenters. The fourth-order valence-corrected chi connectivity index (χ4v) is 2.24. The molecule has 0 saturated heterocycles. The summed E-state index contributed by atoms with van der Waals surface area (Å²) < 4.78 is 10.4. The van der Waals surface area contributed by atoms with E-state index in [2.05, 4.69) is 10.3 Å². The van der Waals surface area contributed by atoms with E-state index in [0.717, 1.165) is 11.3 Å². The smallest absolute Gasteiger partial charge is 0.244 e. The van der Waals surface area contributed by atoms with Gasteiger partial charge in [0.25, 0.3) is 0 Å². The van der Waals surface area contributed by atoms with Crippen molar-refractivity contribution in [1.29, 1.82) is 0 Å². The molecule has 0 unspecified atom stereocenters. The average Bonchev–Trinajstić information content (AvgIpc) is 2.58. The van der Waals surface area contributed by atoms with Gasteiger partial charge in [-0.2, -0.15) is 0 Å². The Bertz CT molecular complexity index is 702. The topological polar surface area (TPSA) is 60.5 Å². The van der Waals surface area contributed by atoms with Gasteiger partial charge in [-0.3, -0.25) is 9.78 Å². The number of hydrogen-bond donors (Lipinski definition) is 1. The number of ether oxygens (including phenoxy) is 2. The van der Waals surface area contributed by atoms with Crippen molar-refractivity contribution in [2.24, 2.45) is 0 Å². The molecule has 2 aromatic rings. The number of methoxy groups -OCH3 is 2. The molecule has 0 spiro atoms. The third-order valence-corrected chi connectivity index (χ3v) is 3.33. The molecule has 1 aromatic carbocycles. The monoisotopic (exact) mass is 332 g/mol. The van der Waals surface area contributed by atoms with Crippen LogP contribution in [0.2, 0.25) is 5.02 Å². The largest absolute Gasteiger partial charge is 0.493 e. The van der Waals surface area contributed by atoms with Crippen molar-refractivity contribution in [3.05, 3.63) is 58.9 Å². The Morgan fingerprint density at radius 2 is 2.13 bits per heavy atom. The summed E-state index contributed by atoms with van der Waals surface area (Å²) in [7, 11) is 3.05. The second-order valence-electron chi connectivity index (χ2n) is 4.61. The maximum Gasteiger partial charge on any atom is 0.244 e. The first-order chi connectivity index (χ1) is 11.1. The lowest BCUT2D eigenvalue weighted by molar-refractivity contribution is -0.116. The van der Waals surface area contributed by atoms with E-state index in [0.29, 0.717) is 23.1 Å². The third-order valence-electron chi connectivity index (χ3n) is 3.05. The lowest BCUT2D eigenvalue weighted by Crippen LogP contribution is -2.20. The summed E-state index contributed by atoms with van der Waals surface area (Å²) in [5, 5.41) is 3.17. The lowest BCUT2D eigenvalue weighted by Gasteiger charge is -2.10. The van der Waals surface area contributed by atoms with Crippen molar-refractivity contribution in [3.63, 3.8) is 0 Å². The molecule has 0 bridgehead atoms. The molecule has 1 N–H and O–H groups in total. The van der Waals surface area contributed by atoms with Crippen LogP contribution < -0.4 is 14.8 Å². The first-order valence-electron chi connectivity index (χ1n) is 6.91. The second kappa shape index (κ2) is 8.19. The molecule has 0 radical (unpaired) electrons. The van der Waals surface area contributed by atoms with E-state index in [4.69, 9.17) is 21.1 Å². The number of pyridine rings is 1. The maximum absolute atomic E-state index is 11.8. The molecule has 2 rings (SSSR count). The van der Waals surface area contributed by atoms with Crippen LogP contribution in [0.1, 0.15) is 11.3 Å². The number of nitrogens with zero attached hydrogens (tertiary/aromatic N) is 1. The molecule has 0 aliphatic heterocycles. The highest BCUT2D eigenvalue weighted by atomic mass is 35.5. The first kappa shape index (κ1) is 16.8. The van der Waals surface area contributed by atoms with Crippen molar-refractivity contribution < 1.29 is 14.3 Å². The Labute approximate surface area is 139 Å². The first-order valence-corrected chi connectivity index (χ1v) is 7.29. The van der Waals surface area contributed by atoms with E-state index in [1.165, 1.54) is 20.3 Å². The number of carbonyl (C=O) groups is 1. The number of nitrogens with one attached hydrogen (secondary N) is 1. The molecule has 1 heterocycles. The summed E-state index contributed by atoms with van der Waals surface area (Å²) in [4.78, 5) is 16.0. The van der Waals surface area contributed by atoms with Gasteiger partial charge in [-0.05, 0) is 35.9 Å². The minimum absolute atomic E-state index is 0.221. The van der Waals surface area contributed by atoms with Gasteiger partial charge in [-0.25, -0.2) is 0 Å². The van der Waals surface area contributed by atoms with Gasteiger partial charge in [0.15, 0.2) is 11.5 Å². The van der Waals surface area contributed by atoms with E-state index in [-0.39, 0.29) is 5.91 Å². The molecule has 0 fully saturated rings. The van der Waals surface area contributed by atoms with Crippen molar-refractivity contribution in [1.82, 2.24) is 10.3 Å². The molecule has 1 aromatic heterocycles. The van der Waals surface area contributed by atoms with Crippen molar-refractivity contribution in [3.8, 4) is 11.5 Å². The highest BCUT2D eigenvalue weighted by Gasteiger charge is 2.09. The average molecular weight is 333 g/mol. The number of benzene rings is 1. The van der Waals surface area contributed by atoms with E-state index >= 15 is 0 Å². The predicted molar refractivity (Wildman–Crippen MR) is 89.7 cm³/mol. The summed E-state index contributed by atoms with van der Waals surface area (Å²) in [6.45, 7) is 0.372. The standard InChI is InChI=1S/C17H17ClN2O3/c1-22-15-10-12(9-14(18)17(15)23-2)6-7-16(21)20-11-13-5-3-4-8-19-13/h3-10H,11H2,1-2H3,(H,20,21)/b7-6+. The zero-order valence-electron chi connectivity index (χ0n) is 12.9. The Hall–Kier alpha value is -2.53. The van der Waals surface area contributed by atoms with E-state index in [1.54, 1.807) is 24.4 Å². The molecular weight excluding hydrogens is 316 g/mol. The summed E-state index contributed by atoms with van der Waals surface area (Å²) in [6, 6.07) is 8.98. The van der Waals surface area contributed by atoms with Crippen LogP contribution in [-0.4, -0.2) is 25.1 Å². The molecule has 1 amide bonds. The SMILES string of the molecule is COc1cc(/C=C/C(=O)NCc2ccccn2)cc(Cl)c1OC. The Balaban J connectivity index is 2.02.